The number of hydrogen-bond acceptors (Lipinski definition) is 1. The second-order valence-electron chi connectivity index (χ2n) is 5.00. The van der Waals surface area contributed by atoms with Crippen molar-refractivity contribution in [2.24, 2.45) is 0 Å². The lowest BCUT2D eigenvalue weighted by Crippen LogP contribution is -2.23. The number of likely N-dealkylation sites (N-methyl/N-ethyl adjacent to an activating group) is 1. The molecule has 21 heavy (non-hydrogen) atoms. The maximum atomic E-state index is 14.0. The predicted molar refractivity (Wildman–Crippen MR) is 93.2 cm³/mol. The molecule has 0 aliphatic heterocycles. The summed E-state index contributed by atoms with van der Waals surface area (Å²) in [5, 5.41) is 3.37. The normalized spacial score (nSPS) is 12.4. The van der Waals surface area contributed by atoms with Gasteiger partial charge in [0, 0.05) is 21.4 Å². The van der Waals surface area contributed by atoms with Crippen LogP contribution in [0.5, 0.6) is 0 Å². The summed E-state index contributed by atoms with van der Waals surface area (Å²) in [5.41, 5.74) is 1.96. The lowest BCUT2D eigenvalue weighted by molar-refractivity contribution is 0.562. The molecule has 0 bridgehead atoms. The molecule has 0 amide bonds. The van der Waals surface area contributed by atoms with Crippen molar-refractivity contribution >= 4 is 31.9 Å². The zero-order valence-electron chi connectivity index (χ0n) is 11.9. The van der Waals surface area contributed by atoms with Crippen LogP contribution in [0.15, 0.2) is 51.4 Å². The molecule has 112 valence electrons. The van der Waals surface area contributed by atoms with E-state index in [2.05, 4.69) is 56.2 Å². The van der Waals surface area contributed by atoms with Crippen molar-refractivity contribution in [2.45, 2.75) is 19.3 Å². The highest BCUT2D eigenvalue weighted by Gasteiger charge is 2.15. The largest absolute Gasteiger partial charge is 0.316 e. The Bertz CT molecular complexity index is 601. The molecule has 1 nitrogen and oxygen atoms in total. The van der Waals surface area contributed by atoms with Crippen LogP contribution in [0.2, 0.25) is 0 Å². The minimum absolute atomic E-state index is 0.144. The second kappa shape index (κ2) is 8.06. The first-order valence-corrected chi connectivity index (χ1v) is 8.59. The first-order chi connectivity index (χ1) is 10.1. The van der Waals surface area contributed by atoms with Crippen molar-refractivity contribution in [3.8, 4) is 0 Å². The standard InChI is InChI=1S/C17H18Br2FN/c1-2-21-11-14(12-4-3-5-15(18)9-12)8-13-10-16(19)6-7-17(13)20/h3-7,9-10,14,21H,2,8,11H2,1H3. The Morgan fingerprint density at radius 3 is 2.57 bits per heavy atom. The van der Waals surface area contributed by atoms with Crippen molar-refractivity contribution in [1.82, 2.24) is 5.32 Å². The molecule has 1 N–H and O–H groups in total. The van der Waals surface area contributed by atoms with Crippen LogP contribution >= 0.6 is 31.9 Å². The van der Waals surface area contributed by atoms with E-state index < -0.39 is 0 Å². The van der Waals surface area contributed by atoms with E-state index in [-0.39, 0.29) is 11.7 Å². The van der Waals surface area contributed by atoms with E-state index in [4.69, 9.17) is 0 Å². The van der Waals surface area contributed by atoms with Crippen LogP contribution in [-0.2, 0) is 6.42 Å². The quantitative estimate of drug-likeness (QED) is 0.677. The molecule has 0 aliphatic rings. The molecule has 1 atom stereocenters. The van der Waals surface area contributed by atoms with Gasteiger partial charge in [-0.05, 0) is 54.4 Å². The molecule has 0 saturated carbocycles. The average molecular weight is 415 g/mol. The second-order valence-corrected chi connectivity index (χ2v) is 6.83. The third-order valence-corrected chi connectivity index (χ3v) is 4.42. The summed E-state index contributed by atoms with van der Waals surface area (Å²) in [4.78, 5) is 0. The molecule has 0 heterocycles. The van der Waals surface area contributed by atoms with Crippen LogP contribution in [0.1, 0.15) is 24.0 Å². The Labute approximate surface area is 142 Å². The Hall–Kier alpha value is -0.710. The number of rotatable bonds is 6. The molecule has 0 saturated heterocycles. The first kappa shape index (κ1) is 16.7. The Morgan fingerprint density at radius 1 is 1.10 bits per heavy atom. The van der Waals surface area contributed by atoms with E-state index in [0.29, 0.717) is 6.42 Å². The molecule has 1 unspecified atom stereocenters. The van der Waals surface area contributed by atoms with E-state index in [1.54, 1.807) is 6.07 Å². The fourth-order valence-corrected chi connectivity index (χ4v) is 3.18. The van der Waals surface area contributed by atoms with E-state index in [9.17, 15) is 4.39 Å². The highest BCUT2D eigenvalue weighted by atomic mass is 79.9. The summed E-state index contributed by atoms with van der Waals surface area (Å²) in [5.74, 6) is 0.0981. The van der Waals surface area contributed by atoms with Crippen molar-refractivity contribution < 1.29 is 4.39 Å². The summed E-state index contributed by atoms with van der Waals surface area (Å²) in [7, 11) is 0. The SMILES string of the molecule is CCNCC(Cc1cc(Br)ccc1F)c1cccc(Br)c1. The van der Waals surface area contributed by atoms with Crippen LogP contribution in [0.4, 0.5) is 4.39 Å². The monoisotopic (exact) mass is 413 g/mol. The lowest BCUT2D eigenvalue weighted by Gasteiger charge is -2.19. The van der Waals surface area contributed by atoms with Gasteiger partial charge in [-0.1, -0.05) is 50.9 Å². The van der Waals surface area contributed by atoms with E-state index >= 15 is 0 Å². The molecule has 4 heteroatoms. The third kappa shape index (κ3) is 4.90. The van der Waals surface area contributed by atoms with Gasteiger partial charge >= 0.3 is 0 Å². The molecule has 0 fully saturated rings. The van der Waals surface area contributed by atoms with Gasteiger partial charge in [-0.3, -0.25) is 0 Å². The summed E-state index contributed by atoms with van der Waals surface area (Å²) < 4.78 is 16.0. The van der Waals surface area contributed by atoms with E-state index in [0.717, 1.165) is 27.6 Å². The minimum atomic E-state index is -0.144. The van der Waals surface area contributed by atoms with Gasteiger partial charge in [-0.25, -0.2) is 4.39 Å². The van der Waals surface area contributed by atoms with E-state index in [1.807, 2.05) is 18.2 Å². The fourth-order valence-electron chi connectivity index (χ4n) is 2.35. The summed E-state index contributed by atoms with van der Waals surface area (Å²) in [6.07, 6.45) is 0.675. The molecule has 2 aromatic rings. The van der Waals surface area contributed by atoms with Crippen LogP contribution in [0.25, 0.3) is 0 Å². The molecule has 0 aromatic heterocycles. The Balaban J connectivity index is 2.25. The van der Waals surface area contributed by atoms with Crippen LogP contribution in [-0.4, -0.2) is 13.1 Å². The van der Waals surface area contributed by atoms with Crippen molar-refractivity contribution in [2.75, 3.05) is 13.1 Å². The van der Waals surface area contributed by atoms with Crippen LogP contribution in [0, 0.1) is 5.82 Å². The molecule has 2 aromatic carbocycles. The van der Waals surface area contributed by atoms with Gasteiger partial charge in [0.2, 0.25) is 0 Å². The number of nitrogens with one attached hydrogen (secondary N) is 1. The predicted octanol–water partition coefficient (Wildman–Crippen LogP) is 5.29. The third-order valence-electron chi connectivity index (χ3n) is 3.43. The van der Waals surface area contributed by atoms with Gasteiger partial charge in [-0.2, -0.15) is 0 Å². The molecular formula is C17H18Br2FN. The zero-order chi connectivity index (χ0) is 15.2. The molecule has 0 aliphatic carbocycles. The molecule has 0 spiro atoms. The van der Waals surface area contributed by atoms with Gasteiger partial charge in [0.05, 0.1) is 0 Å². The smallest absolute Gasteiger partial charge is 0.126 e. The van der Waals surface area contributed by atoms with Gasteiger partial charge < -0.3 is 5.32 Å². The maximum Gasteiger partial charge on any atom is 0.126 e. The van der Waals surface area contributed by atoms with Crippen molar-refractivity contribution in [1.29, 1.82) is 0 Å². The Kier molecular flexibility index (Phi) is 6.40. The fraction of sp³-hybridized carbons (Fsp3) is 0.294. The topological polar surface area (TPSA) is 12.0 Å². The highest BCUT2D eigenvalue weighted by molar-refractivity contribution is 9.10. The van der Waals surface area contributed by atoms with Gasteiger partial charge in [0.25, 0.3) is 0 Å². The summed E-state index contributed by atoms with van der Waals surface area (Å²) in [6.45, 7) is 3.82. The Morgan fingerprint density at radius 2 is 1.86 bits per heavy atom. The van der Waals surface area contributed by atoms with Crippen molar-refractivity contribution in [3.05, 3.63) is 68.4 Å². The highest BCUT2D eigenvalue weighted by Crippen LogP contribution is 2.26. The van der Waals surface area contributed by atoms with Crippen LogP contribution in [0.3, 0.4) is 0 Å². The van der Waals surface area contributed by atoms with Gasteiger partial charge in [0.1, 0.15) is 5.82 Å². The number of hydrogen-bond donors (Lipinski definition) is 1. The van der Waals surface area contributed by atoms with Crippen molar-refractivity contribution in [3.63, 3.8) is 0 Å². The average Bonchev–Trinajstić information content (AvgIpc) is 2.47. The molecular weight excluding hydrogens is 397 g/mol. The molecule has 2 rings (SSSR count). The first-order valence-electron chi connectivity index (χ1n) is 7.00. The lowest BCUT2D eigenvalue weighted by atomic mass is 9.91. The number of halogens is 3. The zero-order valence-corrected chi connectivity index (χ0v) is 15.0. The molecule has 0 radical (unpaired) electrons. The summed E-state index contributed by atoms with van der Waals surface area (Å²) >= 11 is 6.93. The minimum Gasteiger partial charge on any atom is -0.316 e. The van der Waals surface area contributed by atoms with Gasteiger partial charge in [0.15, 0.2) is 0 Å². The van der Waals surface area contributed by atoms with Crippen LogP contribution < -0.4 is 5.32 Å². The summed E-state index contributed by atoms with van der Waals surface area (Å²) in [6, 6.07) is 13.4. The number of benzene rings is 2. The maximum absolute atomic E-state index is 14.0. The van der Waals surface area contributed by atoms with Gasteiger partial charge in [-0.15, -0.1) is 0 Å². The van der Waals surface area contributed by atoms with E-state index in [1.165, 1.54) is 11.6 Å².